The van der Waals surface area contributed by atoms with Crippen molar-refractivity contribution < 1.29 is 38.1 Å². The summed E-state index contributed by atoms with van der Waals surface area (Å²) in [4.78, 5) is 54.9. The van der Waals surface area contributed by atoms with Crippen molar-refractivity contribution in [3.8, 4) is 23.0 Å². The van der Waals surface area contributed by atoms with Crippen LogP contribution in [0.25, 0.3) is 6.08 Å². The summed E-state index contributed by atoms with van der Waals surface area (Å²) in [6.07, 6.45) is 1.66. The molecule has 214 valence electrons. The summed E-state index contributed by atoms with van der Waals surface area (Å²) in [7, 11) is 2.87. The smallest absolute Gasteiger partial charge is 0.338 e. The van der Waals surface area contributed by atoms with Gasteiger partial charge in [-0.25, -0.2) is 9.79 Å². The van der Waals surface area contributed by atoms with E-state index in [2.05, 4.69) is 4.99 Å². The van der Waals surface area contributed by atoms with Gasteiger partial charge in [-0.1, -0.05) is 23.5 Å². The summed E-state index contributed by atoms with van der Waals surface area (Å²) in [6.45, 7) is 6.06. The molecule has 12 heteroatoms. The summed E-state index contributed by atoms with van der Waals surface area (Å²) in [6, 6.07) is 8.81. The van der Waals surface area contributed by atoms with Crippen LogP contribution >= 0.6 is 11.3 Å². The zero-order valence-corrected chi connectivity index (χ0v) is 24.1. The molecule has 0 spiro atoms. The van der Waals surface area contributed by atoms with Crippen LogP contribution in [0.3, 0.4) is 0 Å². The molecule has 2 aromatic carbocycles. The maximum Gasteiger partial charge on any atom is 0.338 e. The zero-order chi connectivity index (χ0) is 29.8. The summed E-state index contributed by atoms with van der Waals surface area (Å²) in [5.74, 6) is -0.612. The molecule has 3 aromatic rings. The Morgan fingerprint density at radius 1 is 0.951 bits per heavy atom. The Hall–Kier alpha value is -4.71. The average Bonchev–Trinajstić information content (AvgIpc) is 3.22. The minimum absolute atomic E-state index is 0.132. The maximum atomic E-state index is 13.9. The number of ether oxygens (including phenoxy) is 5. The van der Waals surface area contributed by atoms with Gasteiger partial charge < -0.3 is 23.7 Å². The maximum absolute atomic E-state index is 13.9. The average molecular weight is 581 g/mol. The van der Waals surface area contributed by atoms with Gasteiger partial charge in [0.1, 0.15) is 0 Å². The third-order valence-electron chi connectivity index (χ3n) is 6.01. The molecule has 1 aliphatic heterocycles. The number of hydrogen-bond donors (Lipinski definition) is 0. The van der Waals surface area contributed by atoms with E-state index in [-0.39, 0.29) is 35.0 Å². The van der Waals surface area contributed by atoms with Gasteiger partial charge in [0.15, 0.2) is 27.8 Å². The fourth-order valence-corrected chi connectivity index (χ4v) is 5.41. The normalized spacial score (nSPS) is 14.6. The number of carbonyl (C=O) groups excluding carboxylic acids is 3. The van der Waals surface area contributed by atoms with Gasteiger partial charge >= 0.3 is 17.9 Å². The minimum atomic E-state index is -0.895. The Morgan fingerprint density at radius 2 is 1.56 bits per heavy atom. The van der Waals surface area contributed by atoms with Crippen LogP contribution < -0.4 is 33.8 Å². The van der Waals surface area contributed by atoms with Crippen molar-refractivity contribution in [2.75, 3.05) is 20.8 Å². The molecule has 2 heterocycles. The highest BCUT2D eigenvalue weighted by Gasteiger charge is 2.34. The molecule has 0 saturated carbocycles. The number of aromatic nitrogens is 1. The van der Waals surface area contributed by atoms with Gasteiger partial charge in [0.05, 0.1) is 42.7 Å². The van der Waals surface area contributed by atoms with E-state index in [0.717, 1.165) is 11.3 Å². The molecule has 0 radical (unpaired) electrons. The largest absolute Gasteiger partial charge is 0.493 e. The van der Waals surface area contributed by atoms with Crippen molar-refractivity contribution in [1.29, 1.82) is 0 Å². The first-order valence-corrected chi connectivity index (χ1v) is 13.3. The third kappa shape index (κ3) is 6.07. The summed E-state index contributed by atoms with van der Waals surface area (Å²) in [5.41, 5.74) is 1.35. The Morgan fingerprint density at radius 3 is 2.15 bits per heavy atom. The number of hydrogen-bond acceptors (Lipinski definition) is 11. The highest BCUT2D eigenvalue weighted by molar-refractivity contribution is 7.07. The standard InChI is InChI=1S/C29H28N2O9S/c1-7-38-28(35)25-15(2)30-29-31(26(25)19-9-11-21(40-17(4)33)23(14-19)37-6)27(34)24(41-29)13-18-8-10-20(39-16(3)32)22(12-18)36-5/h8-14,26H,7H2,1-6H3/b24-13+. The zero-order valence-electron chi connectivity index (χ0n) is 23.3. The van der Waals surface area contributed by atoms with Crippen molar-refractivity contribution in [2.24, 2.45) is 4.99 Å². The first-order valence-electron chi connectivity index (χ1n) is 12.5. The van der Waals surface area contributed by atoms with Crippen molar-refractivity contribution in [2.45, 2.75) is 33.7 Å². The van der Waals surface area contributed by atoms with Crippen LogP contribution in [0.4, 0.5) is 0 Å². The van der Waals surface area contributed by atoms with E-state index < -0.39 is 23.9 Å². The van der Waals surface area contributed by atoms with Gasteiger partial charge in [0.25, 0.3) is 5.56 Å². The van der Waals surface area contributed by atoms with E-state index >= 15 is 0 Å². The number of allylic oxidation sites excluding steroid dienone is 1. The highest BCUT2D eigenvalue weighted by Crippen LogP contribution is 2.36. The number of thiazole rings is 1. The predicted molar refractivity (Wildman–Crippen MR) is 149 cm³/mol. The van der Waals surface area contributed by atoms with Crippen LogP contribution in [0, 0.1) is 0 Å². The van der Waals surface area contributed by atoms with E-state index in [0.29, 0.717) is 31.9 Å². The van der Waals surface area contributed by atoms with Crippen molar-refractivity contribution in [1.82, 2.24) is 4.57 Å². The van der Waals surface area contributed by atoms with Gasteiger partial charge in [-0.2, -0.15) is 0 Å². The molecule has 11 nitrogen and oxygen atoms in total. The highest BCUT2D eigenvalue weighted by atomic mass is 32.1. The van der Waals surface area contributed by atoms with Crippen LogP contribution in [0.5, 0.6) is 23.0 Å². The van der Waals surface area contributed by atoms with Gasteiger partial charge in [0, 0.05) is 13.8 Å². The third-order valence-corrected chi connectivity index (χ3v) is 7.00. The molecule has 4 rings (SSSR count). The van der Waals surface area contributed by atoms with Gasteiger partial charge in [0.2, 0.25) is 0 Å². The molecule has 1 unspecified atom stereocenters. The van der Waals surface area contributed by atoms with Crippen LogP contribution in [0.1, 0.15) is 44.9 Å². The number of benzene rings is 2. The van der Waals surface area contributed by atoms with E-state index in [4.69, 9.17) is 23.7 Å². The van der Waals surface area contributed by atoms with Crippen LogP contribution in [0.2, 0.25) is 0 Å². The van der Waals surface area contributed by atoms with E-state index in [1.807, 2.05) is 0 Å². The SMILES string of the molecule is CCOC(=O)C1=C(C)N=c2s/c(=C/c3ccc(OC(C)=O)c(OC)c3)c(=O)n2C1c1ccc(OC(C)=O)c(OC)c1. The second-order valence-electron chi connectivity index (χ2n) is 8.81. The van der Waals surface area contributed by atoms with E-state index in [9.17, 15) is 19.2 Å². The van der Waals surface area contributed by atoms with Crippen molar-refractivity contribution >= 4 is 35.3 Å². The minimum Gasteiger partial charge on any atom is -0.493 e. The second-order valence-corrected chi connectivity index (χ2v) is 9.82. The predicted octanol–water partition coefficient (Wildman–Crippen LogP) is 2.67. The first kappa shape index (κ1) is 29.3. The fraction of sp³-hybridized carbons (Fsp3) is 0.276. The molecule has 0 N–H and O–H groups in total. The Kier molecular flexibility index (Phi) is 8.72. The second kappa shape index (κ2) is 12.2. The van der Waals surface area contributed by atoms with E-state index in [1.54, 1.807) is 56.3 Å². The summed E-state index contributed by atoms with van der Waals surface area (Å²) >= 11 is 1.15. The molecule has 0 bridgehead atoms. The molecular formula is C29H28N2O9S. The molecule has 1 aliphatic rings. The number of carbonyl (C=O) groups is 3. The summed E-state index contributed by atoms with van der Waals surface area (Å²) < 4.78 is 28.3. The van der Waals surface area contributed by atoms with Gasteiger partial charge in [-0.05, 0) is 55.3 Å². The lowest BCUT2D eigenvalue weighted by atomic mass is 9.95. The lowest BCUT2D eigenvalue weighted by Crippen LogP contribution is -2.40. The number of rotatable bonds is 8. The summed E-state index contributed by atoms with van der Waals surface area (Å²) in [5, 5.41) is 0. The quantitative estimate of drug-likeness (QED) is 0.291. The molecule has 0 fully saturated rings. The molecular weight excluding hydrogens is 552 g/mol. The number of esters is 3. The fourth-order valence-electron chi connectivity index (χ4n) is 4.36. The monoisotopic (exact) mass is 580 g/mol. The van der Waals surface area contributed by atoms with Gasteiger partial charge in [-0.15, -0.1) is 0 Å². The number of methoxy groups -OCH3 is 2. The lowest BCUT2D eigenvalue weighted by molar-refractivity contribution is -0.139. The van der Waals surface area contributed by atoms with Crippen LogP contribution in [-0.4, -0.2) is 43.3 Å². The first-order chi connectivity index (χ1) is 19.6. The number of nitrogens with zero attached hydrogens (tertiary/aromatic N) is 2. The lowest BCUT2D eigenvalue weighted by Gasteiger charge is -2.25. The van der Waals surface area contributed by atoms with E-state index in [1.165, 1.54) is 32.6 Å². The molecule has 0 amide bonds. The molecule has 41 heavy (non-hydrogen) atoms. The van der Waals surface area contributed by atoms with Crippen molar-refractivity contribution in [3.63, 3.8) is 0 Å². The van der Waals surface area contributed by atoms with Gasteiger partial charge in [-0.3, -0.25) is 19.0 Å². The topological polar surface area (TPSA) is 132 Å². The Bertz CT molecular complexity index is 1750. The molecule has 0 aliphatic carbocycles. The van der Waals surface area contributed by atoms with Crippen molar-refractivity contribution in [3.05, 3.63) is 78.5 Å². The molecule has 1 aromatic heterocycles. The molecule has 1 atom stereocenters. The number of fused-ring (bicyclic) bond motifs is 1. The molecule has 0 saturated heterocycles. The van der Waals surface area contributed by atoms with Crippen LogP contribution in [0.15, 0.2) is 57.5 Å². The Labute approximate surface area is 238 Å². The van der Waals surface area contributed by atoms with Crippen LogP contribution in [-0.2, 0) is 19.1 Å². The Balaban J connectivity index is 1.91.